The molecule has 3 rings (SSSR count). The van der Waals surface area contributed by atoms with Gasteiger partial charge in [-0.05, 0) is 35.9 Å². The maximum Gasteiger partial charge on any atom is 0.167 e. The van der Waals surface area contributed by atoms with Crippen LogP contribution in [0.1, 0.15) is 11.1 Å². The Hall–Kier alpha value is -1.88. The summed E-state index contributed by atoms with van der Waals surface area (Å²) < 4.78 is 12.5. The lowest BCUT2D eigenvalue weighted by Gasteiger charge is -2.18. The van der Waals surface area contributed by atoms with Crippen LogP contribution in [0.4, 0.5) is 5.69 Å². The van der Waals surface area contributed by atoms with Crippen molar-refractivity contribution in [2.45, 2.75) is 13.2 Å². The number of halogens is 3. The molecule has 0 heterocycles. The van der Waals surface area contributed by atoms with Crippen LogP contribution in [0, 0.1) is 0 Å². The molecule has 0 spiro atoms. The Morgan fingerprint density at radius 1 is 0.963 bits per heavy atom. The average Bonchev–Trinajstić information content (AvgIpc) is 2.69. The summed E-state index contributed by atoms with van der Waals surface area (Å²) in [4.78, 5) is 0. The second-order valence-corrected chi connectivity index (χ2v) is 7.48. The van der Waals surface area contributed by atoms with Crippen LogP contribution >= 0.6 is 39.1 Å². The van der Waals surface area contributed by atoms with Crippen LogP contribution in [0.15, 0.2) is 65.1 Å². The molecule has 0 radical (unpaired) electrons. The summed E-state index contributed by atoms with van der Waals surface area (Å²) in [6.07, 6.45) is 0. The summed E-state index contributed by atoms with van der Waals surface area (Å²) >= 11 is 15.7. The summed E-state index contributed by atoms with van der Waals surface area (Å²) in [6.45, 7) is 0.979. The van der Waals surface area contributed by atoms with E-state index in [0.717, 1.165) is 21.3 Å². The molecule has 0 saturated heterocycles. The lowest BCUT2D eigenvalue weighted by Crippen LogP contribution is -2.06. The minimum absolute atomic E-state index is 0.452. The number of nitrogens with one attached hydrogen (secondary N) is 1. The molecule has 3 nitrogen and oxygen atoms in total. The van der Waals surface area contributed by atoms with Crippen molar-refractivity contribution in [3.8, 4) is 11.5 Å². The molecule has 0 aromatic heterocycles. The van der Waals surface area contributed by atoms with Crippen LogP contribution < -0.4 is 14.8 Å². The van der Waals surface area contributed by atoms with E-state index in [1.165, 1.54) is 0 Å². The smallest absolute Gasteiger partial charge is 0.167 e. The van der Waals surface area contributed by atoms with E-state index in [2.05, 4.69) is 21.2 Å². The van der Waals surface area contributed by atoms with E-state index in [4.69, 9.17) is 32.7 Å². The zero-order chi connectivity index (χ0) is 19.2. The van der Waals surface area contributed by atoms with Gasteiger partial charge in [0.15, 0.2) is 11.5 Å². The number of hydrogen-bond donors (Lipinski definition) is 1. The van der Waals surface area contributed by atoms with Crippen LogP contribution in [0.25, 0.3) is 0 Å². The summed E-state index contributed by atoms with van der Waals surface area (Å²) in [6, 6.07) is 19.3. The molecular formula is C21H18BrCl2NO2. The van der Waals surface area contributed by atoms with Gasteiger partial charge in [0.1, 0.15) is 6.61 Å². The Morgan fingerprint density at radius 2 is 1.74 bits per heavy atom. The van der Waals surface area contributed by atoms with Gasteiger partial charge >= 0.3 is 0 Å². The zero-order valence-corrected chi connectivity index (χ0v) is 17.7. The zero-order valence-electron chi connectivity index (χ0n) is 14.6. The largest absolute Gasteiger partial charge is 0.493 e. The van der Waals surface area contributed by atoms with E-state index in [0.29, 0.717) is 34.7 Å². The van der Waals surface area contributed by atoms with E-state index < -0.39 is 0 Å². The van der Waals surface area contributed by atoms with Gasteiger partial charge in [-0.1, -0.05) is 69.5 Å². The number of benzene rings is 3. The molecule has 0 fully saturated rings. The van der Waals surface area contributed by atoms with Crippen LogP contribution in [0.5, 0.6) is 11.5 Å². The van der Waals surface area contributed by atoms with E-state index in [-0.39, 0.29) is 0 Å². The van der Waals surface area contributed by atoms with Crippen molar-refractivity contribution in [1.29, 1.82) is 0 Å². The van der Waals surface area contributed by atoms with Crippen molar-refractivity contribution in [3.05, 3.63) is 86.3 Å². The molecule has 0 saturated carbocycles. The summed E-state index contributed by atoms with van der Waals surface area (Å²) in [5, 5.41) is 4.38. The van der Waals surface area contributed by atoms with Crippen LogP contribution in [-0.4, -0.2) is 7.11 Å². The molecule has 0 aliphatic rings. The number of rotatable bonds is 7. The highest BCUT2D eigenvalue weighted by molar-refractivity contribution is 9.10. The minimum Gasteiger partial charge on any atom is -0.493 e. The van der Waals surface area contributed by atoms with Crippen molar-refractivity contribution >= 4 is 44.8 Å². The highest BCUT2D eigenvalue weighted by Crippen LogP contribution is 2.37. The van der Waals surface area contributed by atoms with Gasteiger partial charge in [-0.2, -0.15) is 0 Å². The third-order valence-corrected chi connectivity index (χ3v) is 5.48. The van der Waals surface area contributed by atoms with Gasteiger partial charge in [-0.15, -0.1) is 0 Å². The molecule has 0 aliphatic carbocycles. The number of methoxy groups -OCH3 is 1. The normalized spacial score (nSPS) is 10.5. The fourth-order valence-corrected chi connectivity index (χ4v) is 3.34. The van der Waals surface area contributed by atoms with Gasteiger partial charge in [0, 0.05) is 22.3 Å². The van der Waals surface area contributed by atoms with Crippen LogP contribution in [0.2, 0.25) is 10.0 Å². The predicted molar refractivity (Wildman–Crippen MR) is 115 cm³/mol. The summed E-state index contributed by atoms with van der Waals surface area (Å²) in [5.74, 6) is 1.38. The third kappa shape index (κ3) is 5.10. The van der Waals surface area contributed by atoms with Crippen LogP contribution in [0.3, 0.4) is 0 Å². The van der Waals surface area contributed by atoms with Crippen molar-refractivity contribution in [2.24, 2.45) is 0 Å². The second-order valence-electron chi connectivity index (χ2n) is 5.81. The molecule has 3 aromatic carbocycles. The first-order valence-corrected chi connectivity index (χ1v) is 9.84. The molecule has 3 aromatic rings. The number of hydrogen-bond acceptors (Lipinski definition) is 3. The summed E-state index contributed by atoms with van der Waals surface area (Å²) in [7, 11) is 1.63. The fraction of sp³-hybridized carbons (Fsp3) is 0.143. The molecule has 0 atom stereocenters. The highest BCUT2D eigenvalue weighted by Gasteiger charge is 2.15. The Kier molecular flexibility index (Phi) is 6.89. The molecule has 6 heteroatoms. The SMILES string of the molecule is COc1ccc(Br)c(CNc2ccc(Cl)c(Cl)c2)c1OCc1ccccc1. The van der Waals surface area contributed by atoms with Crippen molar-refractivity contribution in [1.82, 2.24) is 0 Å². The monoisotopic (exact) mass is 465 g/mol. The molecular weight excluding hydrogens is 449 g/mol. The van der Waals surface area contributed by atoms with E-state index >= 15 is 0 Å². The quantitative estimate of drug-likeness (QED) is 0.408. The van der Waals surface area contributed by atoms with Crippen molar-refractivity contribution in [3.63, 3.8) is 0 Å². The molecule has 0 amide bonds. The first-order valence-electron chi connectivity index (χ1n) is 8.29. The van der Waals surface area contributed by atoms with Crippen molar-refractivity contribution < 1.29 is 9.47 Å². The fourth-order valence-electron chi connectivity index (χ4n) is 2.59. The second kappa shape index (κ2) is 9.36. The molecule has 140 valence electrons. The van der Waals surface area contributed by atoms with E-state index in [1.54, 1.807) is 19.2 Å². The lowest BCUT2D eigenvalue weighted by molar-refractivity contribution is 0.281. The predicted octanol–water partition coefficient (Wildman–Crippen LogP) is 6.96. The molecule has 0 aliphatic heterocycles. The number of anilines is 1. The van der Waals surface area contributed by atoms with Gasteiger partial charge in [-0.3, -0.25) is 0 Å². The van der Waals surface area contributed by atoms with Gasteiger partial charge in [0.25, 0.3) is 0 Å². The lowest BCUT2D eigenvalue weighted by atomic mass is 10.1. The van der Waals surface area contributed by atoms with Gasteiger partial charge in [0.05, 0.1) is 17.2 Å². The van der Waals surface area contributed by atoms with Gasteiger partial charge < -0.3 is 14.8 Å². The topological polar surface area (TPSA) is 30.5 Å². The molecule has 27 heavy (non-hydrogen) atoms. The van der Waals surface area contributed by atoms with E-state index in [1.807, 2.05) is 48.5 Å². The first-order chi connectivity index (χ1) is 13.1. The van der Waals surface area contributed by atoms with E-state index in [9.17, 15) is 0 Å². The van der Waals surface area contributed by atoms with Gasteiger partial charge in [-0.25, -0.2) is 0 Å². The maximum absolute atomic E-state index is 6.12. The first kappa shape index (κ1) is 19.9. The highest BCUT2D eigenvalue weighted by atomic mass is 79.9. The maximum atomic E-state index is 6.12. The molecule has 0 bridgehead atoms. The van der Waals surface area contributed by atoms with Crippen LogP contribution in [-0.2, 0) is 13.2 Å². The van der Waals surface area contributed by atoms with Crippen molar-refractivity contribution in [2.75, 3.05) is 12.4 Å². The third-order valence-electron chi connectivity index (χ3n) is 4.00. The Morgan fingerprint density at radius 3 is 2.44 bits per heavy atom. The number of ether oxygens (including phenoxy) is 2. The standard InChI is InChI=1S/C21H18BrCl2NO2/c1-26-20-10-8-17(22)16(12-25-15-7-9-18(23)19(24)11-15)21(20)27-13-14-5-3-2-4-6-14/h2-11,25H,12-13H2,1H3. The Bertz CT molecular complexity index is 920. The molecule has 0 unspecified atom stereocenters. The Labute approximate surface area is 177 Å². The Balaban J connectivity index is 1.83. The van der Waals surface area contributed by atoms with Gasteiger partial charge in [0.2, 0.25) is 0 Å². The average molecular weight is 467 g/mol. The minimum atomic E-state index is 0.452. The molecule has 1 N–H and O–H groups in total. The summed E-state index contributed by atoms with van der Waals surface area (Å²) in [5.41, 5.74) is 2.91.